The van der Waals surface area contributed by atoms with Gasteiger partial charge in [-0.05, 0) is 30.5 Å². The van der Waals surface area contributed by atoms with Gasteiger partial charge in [-0.15, -0.1) is 0 Å². The van der Waals surface area contributed by atoms with E-state index in [-0.39, 0.29) is 36.8 Å². The molecular formula is C31H36N4O5. The lowest BCUT2D eigenvalue weighted by atomic mass is 9.99. The maximum atomic E-state index is 13.5. The lowest BCUT2D eigenvalue weighted by Gasteiger charge is -2.24. The van der Waals surface area contributed by atoms with Crippen LogP contribution in [-0.4, -0.2) is 51.5 Å². The van der Waals surface area contributed by atoms with E-state index >= 15 is 0 Å². The van der Waals surface area contributed by atoms with Crippen molar-refractivity contribution in [2.24, 2.45) is 5.73 Å². The van der Waals surface area contributed by atoms with Gasteiger partial charge >= 0.3 is 5.97 Å². The Kier molecular flexibility index (Phi) is 8.96. The maximum absolute atomic E-state index is 13.5. The molecule has 40 heavy (non-hydrogen) atoms. The number of hydrogen-bond acceptors (Lipinski definition) is 7. The minimum atomic E-state index is -1.18. The predicted molar refractivity (Wildman–Crippen MR) is 151 cm³/mol. The summed E-state index contributed by atoms with van der Waals surface area (Å²) in [6, 6.07) is 16.6. The van der Waals surface area contributed by atoms with Crippen LogP contribution in [0.5, 0.6) is 0 Å². The number of Topliss-reactive ketones (excluding diaryl/α,β-unsaturated/α-hetero) is 1. The first-order valence-corrected chi connectivity index (χ1v) is 13.2. The number of benzene rings is 2. The summed E-state index contributed by atoms with van der Waals surface area (Å²) in [5.74, 6) is -1.28. The van der Waals surface area contributed by atoms with Gasteiger partial charge in [0.25, 0.3) is 0 Å². The van der Waals surface area contributed by atoms with Gasteiger partial charge in [0.15, 0.2) is 5.78 Å². The van der Waals surface area contributed by atoms with Crippen molar-refractivity contribution in [2.75, 3.05) is 6.61 Å². The molecule has 9 heteroatoms. The van der Waals surface area contributed by atoms with Crippen molar-refractivity contribution in [3.05, 3.63) is 96.1 Å². The smallest absolute Gasteiger partial charge is 0.302 e. The Labute approximate surface area is 234 Å². The second kappa shape index (κ2) is 12.4. The standard InChI is InChI=1S/C31H36N4O5/c1-20(29(37)27(34-30(38)31(3,4)32)18-39-17-22-10-6-5-7-11-22)26-16-35(19-33-26)15-25-24-13-9-8-12-23(24)14-28(25)40-21(2)36/h5-13,16,19,25,27-28H,1,14-15,17-18,32H2,2-4H3,(H,34,38)/t25?,27-,28+/m1/s1. The van der Waals surface area contributed by atoms with Crippen molar-refractivity contribution in [1.82, 2.24) is 14.9 Å². The molecule has 1 aliphatic rings. The largest absolute Gasteiger partial charge is 0.461 e. The molecule has 1 heterocycles. The zero-order chi connectivity index (χ0) is 28.9. The SMILES string of the molecule is C=C(C(=O)[C@@H](COCc1ccccc1)NC(=O)C(C)(C)N)c1cn(CC2c3ccccc3C[C@@H]2OC(C)=O)cn1. The van der Waals surface area contributed by atoms with E-state index < -0.39 is 23.3 Å². The van der Waals surface area contributed by atoms with Crippen LogP contribution in [0.25, 0.3) is 5.57 Å². The first-order valence-electron chi connectivity index (χ1n) is 13.2. The number of fused-ring (bicyclic) bond motifs is 1. The van der Waals surface area contributed by atoms with Crippen LogP contribution in [0, 0.1) is 0 Å². The lowest BCUT2D eigenvalue weighted by Crippen LogP contribution is -2.55. The van der Waals surface area contributed by atoms with E-state index in [2.05, 4.69) is 16.9 Å². The highest BCUT2D eigenvalue weighted by atomic mass is 16.5. The summed E-state index contributed by atoms with van der Waals surface area (Å²) < 4.78 is 13.3. The first-order chi connectivity index (χ1) is 19.0. The molecule has 0 saturated heterocycles. The number of ether oxygens (including phenoxy) is 2. The molecule has 1 unspecified atom stereocenters. The summed E-state index contributed by atoms with van der Waals surface area (Å²) >= 11 is 0. The maximum Gasteiger partial charge on any atom is 0.302 e. The Morgan fingerprint density at radius 3 is 2.55 bits per heavy atom. The van der Waals surface area contributed by atoms with Crippen LogP contribution in [0.1, 0.15) is 49.1 Å². The van der Waals surface area contributed by atoms with E-state index in [1.807, 2.05) is 59.2 Å². The van der Waals surface area contributed by atoms with Crippen LogP contribution in [-0.2, 0) is 43.4 Å². The highest BCUT2D eigenvalue weighted by molar-refractivity contribution is 6.22. The topological polar surface area (TPSA) is 126 Å². The molecule has 0 fully saturated rings. The third kappa shape index (κ3) is 7.11. The van der Waals surface area contributed by atoms with Crippen LogP contribution in [0.3, 0.4) is 0 Å². The second-order valence-corrected chi connectivity index (χ2v) is 10.7. The fourth-order valence-corrected chi connectivity index (χ4v) is 4.77. The molecule has 0 radical (unpaired) electrons. The van der Waals surface area contributed by atoms with Crippen LogP contribution in [0.2, 0.25) is 0 Å². The predicted octanol–water partition coefficient (Wildman–Crippen LogP) is 3.18. The number of carbonyl (C=O) groups excluding carboxylic acids is 3. The van der Waals surface area contributed by atoms with Crippen molar-refractivity contribution in [1.29, 1.82) is 0 Å². The second-order valence-electron chi connectivity index (χ2n) is 10.7. The van der Waals surface area contributed by atoms with Crippen molar-refractivity contribution in [3.63, 3.8) is 0 Å². The molecule has 9 nitrogen and oxygen atoms in total. The monoisotopic (exact) mass is 544 g/mol. The minimum absolute atomic E-state index is 0.0573. The first kappa shape index (κ1) is 28.9. The van der Waals surface area contributed by atoms with E-state index in [1.165, 1.54) is 6.92 Å². The average Bonchev–Trinajstić information content (AvgIpc) is 3.52. The Balaban J connectivity index is 1.47. The molecule has 0 spiro atoms. The molecule has 0 bridgehead atoms. The van der Waals surface area contributed by atoms with E-state index in [0.29, 0.717) is 18.7 Å². The Morgan fingerprint density at radius 2 is 1.85 bits per heavy atom. The number of aromatic nitrogens is 2. The van der Waals surface area contributed by atoms with Gasteiger partial charge in [-0.1, -0.05) is 61.2 Å². The molecule has 1 aliphatic carbocycles. The van der Waals surface area contributed by atoms with Gasteiger partial charge in [0.2, 0.25) is 5.91 Å². The van der Waals surface area contributed by atoms with Crippen LogP contribution in [0.15, 0.2) is 73.7 Å². The number of nitrogens with two attached hydrogens (primary N) is 1. The Bertz CT molecular complexity index is 1380. The molecule has 3 atom stereocenters. The zero-order valence-corrected chi connectivity index (χ0v) is 23.1. The third-order valence-corrected chi connectivity index (χ3v) is 6.89. The summed E-state index contributed by atoms with van der Waals surface area (Å²) in [4.78, 5) is 42.3. The number of nitrogens with zero attached hydrogens (tertiary/aromatic N) is 2. The van der Waals surface area contributed by atoms with Gasteiger partial charge in [0.05, 0.1) is 30.8 Å². The van der Waals surface area contributed by atoms with Crippen molar-refractivity contribution >= 4 is 23.2 Å². The minimum Gasteiger partial charge on any atom is -0.461 e. The molecule has 3 N–H and O–H groups in total. The molecule has 2 aromatic carbocycles. The molecule has 1 amide bonds. The van der Waals surface area contributed by atoms with E-state index in [9.17, 15) is 14.4 Å². The number of carbonyl (C=O) groups is 3. The summed E-state index contributed by atoms with van der Waals surface area (Å²) in [6.45, 7) is 9.25. The van der Waals surface area contributed by atoms with Crippen molar-refractivity contribution < 1.29 is 23.9 Å². The highest BCUT2D eigenvalue weighted by Gasteiger charge is 2.35. The van der Waals surface area contributed by atoms with Gasteiger partial charge in [-0.2, -0.15) is 0 Å². The van der Waals surface area contributed by atoms with Crippen LogP contribution >= 0.6 is 0 Å². The van der Waals surface area contributed by atoms with Crippen molar-refractivity contribution in [2.45, 2.75) is 63.9 Å². The number of nitrogens with one attached hydrogen (secondary N) is 1. The molecule has 1 aromatic heterocycles. The summed E-state index contributed by atoms with van der Waals surface area (Å²) in [5, 5.41) is 2.71. The third-order valence-electron chi connectivity index (χ3n) is 6.89. The van der Waals surface area contributed by atoms with Crippen LogP contribution in [0.4, 0.5) is 0 Å². The lowest BCUT2D eigenvalue weighted by molar-refractivity contribution is -0.147. The number of rotatable bonds is 12. The number of esters is 1. The fourth-order valence-electron chi connectivity index (χ4n) is 4.77. The average molecular weight is 545 g/mol. The van der Waals surface area contributed by atoms with Gasteiger partial charge < -0.3 is 25.1 Å². The van der Waals surface area contributed by atoms with Crippen LogP contribution < -0.4 is 11.1 Å². The van der Waals surface area contributed by atoms with E-state index in [1.54, 1.807) is 26.4 Å². The summed E-state index contributed by atoms with van der Waals surface area (Å²) in [6.07, 6.45) is 3.73. The molecule has 4 rings (SSSR count). The fraction of sp³-hybridized carbons (Fsp3) is 0.355. The summed E-state index contributed by atoms with van der Waals surface area (Å²) in [5.41, 5.74) is 8.52. The van der Waals surface area contributed by atoms with Gasteiger partial charge in [0, 0.05) is 37.6 Å². The number of imidazole rings is 1. The van der Waals surface area contributed by atoms with Gasteiger partial charge in [0.1, 0.15) is 12.1 Å². The molecule has 3 aromatic rings. The summed E-state index contributed by atoms with van der Waals surface area (Å²) in [7, 11) is 0. The molecular weight excluding hydrogens is 508 g/mol. The molecule has 210 valence electrons. The normalized spacial score (nSPS) is 17.1. The molecule has 0 aliphatic heterocycles. The number of amides is 1. The Hall–Kier alpha value is -4.08. The molecule has 0 saturated carbocycles. The quantitative estimate of drug-likeness (QED) is 0.265. The van der Waals surface area contributed by atoms with Crippen molar-refractivity contribution in [3.8, 4) is 0 Å². The number of ketones is 1. The zero-order valence-electron chi connectivity index (χ0n) is 23.1. The van der Waals surface area contributed by atoms with E-state index in [0.717, 1.165) is 16.7 Å². The number of hydrogen-bond donors (Lipinski definition) is 2. The van der Waals surface area contributed by atoms with Gasteiger partial charge in [-0.25, -0.2) is 4.98 Å². The Morgan fingerprint density at radius 1 is 1.15 bits per heavy atom. The highest BCUT2D eigenvalue weighted by Crippen LogP contribution is 2.36. The van der Waals surface area contributed by atoms with Gasteiger partial charge in [-0.3, -0.25) is 14.4 Å². The van der Waals surface area contributed by atoms with E-state index in [4.69, 9.17) is 15.2 Å².